The molecule has 0 fully saturated rings. The lowest BCUT2D eigenvalue weighted by molar-refractivity contribution is -0.384. The van der Waals surface area contributed by atoms with Crippen LogP contribution in [0.15, 0.2) is 36.9 Å². The van der Waals surface area contributed by atoms with Crippen LogP contribution in [0.4, 0.5) is 11.4 Å². The van der Waals surface area contributed by atoms with Gasteiger partial charge in [0.2, 0.25) is 0 Å². The maximum Gasteiger partial charge on any atom is 0.271 e. The number of anilines is 1. The van der Waals surface area contributed by atoms with E-state index in [4.69, 9.17) is 0 Å². The van der Waals surface area contributed by atoms with Crippen molar-refractivity contribution in [1.82, 2.24) is 0 Å². The van der Waals surface area contributed by atoms with Crippen LogP contribution in [0, 0.1) is 10.1 Å². The Morgan fingerprint density at radius 3 is 2.93 bits per heavy atom. The molecule has 0 amide bonds. The molecule has 0 aliphatic carbocycles. The maximum atomic E-state index is 10.5. The van der Waals surface area contributed by atoms with E-state index >= 15 is 0 Å². The third-order valence-corrected chi connectivity index (χ3v) is 1.80. The molecule has 14 heavy (non-hydrogen) atoms. The average Bonchev–Trinajstić information content (AvgIpc) is 2.18. The molecule has 0 heterocycles. The molecule has 0 aliphatic rings. The monoisotopic (exact) mass is 192 g/mol. The van der Waals surface area contributed by atoms with E-state index in [1.54, 1.807) is 18.2 Å². The second-order valence-corrected chi connectivity index (χ2v) is 2.98. The Balaban J connectivity index is 2.83. The van der Waals surface area contributed by atoms with Crippen molar-refractivity contribution in [2.45, 2.75) is 13.0 Å². The van der Waals surface area contributed by atoms with Gasteiger partial charge in [0, 0.05) is 23.9 Å². The van der Waals surface area contributed by atoms with Crippen LogP contribution in [0.1, 0.15) is 6.92 Å². The van der Waals surface area contributed by atoms with Gasteiger partial charge in [-0.2, -0.15) is 0 Å². The Hall–Kier alpha value is -1.84. The fourth-order valence-corrected chi connectivity index (χ4v) is 1.03. The number of nitrogens with one attached hydrogen (secondary N) is 1. The molecule has 1 unspecified atom stereocenters. The first kappa shape index (κ1) is 10.2. The summed E-state index contributed by atoms with van der Waals surface area (Å²) in [6.07, 6.45) is 1.73. The fraction of sp³-hybridized carbons (Fsp3) is 0.200. The number of hydrogen-bond acceptors (Lipinski definition) is 3. The third-order valence-electron chi connectivity index (χ3n) is 1.80. The highest BCUT2D eigenvalue weighted by molar-refractivity contribution is 5.51. The summed E-state index contributed by atoms with van der Waals surface area (Å²) in [4.78, 5) is 10.1. The summed E-state index contributed by atoms with van der Waals surface area (Å²) in [6, 6.07) is 6.49. The van der Waals surface area contributed by atoms with E-state index in [1.165, 1.54) is 12.1 Å². The van der Waals surface area contributed by atoms with Crippen molar-refractivity contribution in [3.8, 4) is 0 Å². The van der Waals surface area contributed by atoms with Gasteiger partial charge in [0.15, 0.2) is 0 Å². The lowest BCUT2D eigenvalue weighted by Gasteiger charge is -2.09. The molecule has 1 aromatic carbocycles. The SMILES string of the molecule is C=CC(C)Nc1cccc([N+](=O)[O-])c1. The number of nitro benzene ring substituents is 1. The van der Waals surface area contributed by atoms with Gasteiger partial charge in [-0.05, 0) is 13.0 Å². The van der Waals surface area contributed by atoms with Gasteiger partial charge in [-0.25, -0.2) is 0 Å². The number of nitro groups is 1. The summed E-state index contributed by atoms with van der Waals surface area (Å²) in [7, 11) is 0. The summed E-state index contributed by atoms with van der Waals surface area (Å²) >= 11 is 0. The summed E-state index contributed by atoms with van der Waals surface area (Å²) < 4.78 is 0. The Morgan fingerprint density at radius 1 is 1.64 bits per heavy atom. The molecule has 0 bridgehead atoms. The second kappa shape index (κ2) is 4.41. The molecule has 0 saturated heterocycles. The Bertz CT molecular complexity index is 350. The molecule has 4 nitrogen and oxygen atoms in total. The minimum atomic E-state index is -0.413. The first-order valence-corrected chi connectivity index (χ1v) is 4.27. The van der Waals surface area contributed by atoms with Crippen molar-refractivity contribution in [3.63, 3.8) is 0 Å². The summed E-state index contributed by atoms with van der Waals surface area (Å²) in [6.45, 7) is 5.54. The van der Waals surface area contributed by atoms with Crippen LogP contribution in [0.3, 0.4) is 0 Å². The molecule has 1 N–H and O–H groups in total. The first-order chi connectivity index (χ1) is 6.63. The first-order valence-electron chi connectivity index (χ1n) is 4.27. The largest absolute Gasteiger partial charge is 0.379 e. The van der Waals surface area contributed by atoms with Crippen molar-refractivity contribution >= 4 is 11.4 Å². The normalized spacial score (nSPS) is 11.8. The molecule has 1 atom stereocenters. The van der Waals surface area contributed by atoms with Crippen molar-refractivity contribution < 1.29 is 4.92 Å². The van der Waals surface area contributed by atoms with Crippen molar-refractivity contribution in [3.05, 3.63) is 47.0 Å². The second-order valence-electron chi connectivity index (χ2n) is 2.98. The summed E-state index contributed by atoms with van der Waals surface area (Å²) in [5.74, 6) is 0. The third kappa shape index (κ3) is 2.58. The van der Waals surface area contributed by atoms with Gasteiger partial charge in [0.1, 0.15) is 0 Å². The standard InChI is InChI=1S/C10H12N2O2/c1-3-8(2)11-9-5-4-6-10(7-9)12(13)14/h3-8,11H,1H2,2H3. The van der Waals surface area contributed by atoms with Crippen LogP contribution in [-0.2, 0) is 0 Å². The van der Waals surface area contributed by atoms with Gasteiger partial charge in [-0.1, -0.05) is 12.1 Å². The van der Waals surface area contributed by atoms with E-state index in [-0.39, 0.29) is 11.7 Å². The molecule has 1 aromatic rings. The van der Waals surface area contributed by atoms with E-state index in [0.717, 1.165) is 5.69 Å². The molecule has 4 heteroatoms. The number of hydrogen-bond donors (Lipinski definition) is 1. The Kier molecular flexibility index (Phi) is 3.23. The van der Waals surface area contributed by atoms with Crippen LogP contribution in [0.2, 0.25) is 0 Å². The molecule has 0 aliphatic heterocycles. The van der Waals surface area contributed by atoms with E-state index in [0.29, 0.717) is 0 Å². The summed E-state index contributed by atoms with van der Waals surface area (Å²) in [5, 5.41) is 13.5. The van der Waals surface area contributed by atoms with Crippen LogP contribution < -0.4 is 5.32 Å². The minimum absolute atomic E-state index is 0.0891. The lowest BCUT2D eigenvalue weighted by atomic mass is 10.2. The topological polar surface area (TPSA) is 55.2 Å². The number of non-ortho nitro benzene ring substituents is 1. The molecule has 0 saturated carbocycles. The van der Waals surface area contributed by atoms with Crippen LogP contribution in [0.25, 0.3) is 0 Å². The zero-order valence-corrected chi connectivity index (χ0v) is 7.93. The molecular weight excluding hydrogens is 180 g/mol. The van der Waals surface area contributed by atoms with E-state index in [9.17, 15) is 10.1 Å². The molecular formula is C10H12N2O2. The van der Waals surface area contributed by atoms with Gasteiger partial charge in [-0.15, -0.1) is 6.58 Å². The van der Waals surface area contributed by atoms with Gasteiger partial charge in [-0.3, -0.25) is 10.1 Å². The highest BCUT2D eigenvalue weighted by atomic mass is 16.6. The zero-order valence-electron chi connectivity index (χ0n) is 7.93. The van der Waals surface area contributed by atoms with Gasteiger partial charge in [0.25, 0.3) is 5.69 Å². The molecule has 0 radical (unpaired) electrons. The van der Waals surface area contributed by atoms with Gasteiger partial charge >= 0.3 is 0 Å². The number of nitrogens with zero attached hydrogens (tertiary/aromatic N) is 1. The molecule has 0 aromatic heterocycles. The predicted octanol–water partition coefficient (Wildman–Crippen LogP) is 2.58. The maximum absolute atomic E-state index is 10.5. The highest BCUT2D eigenvalue weighted by Gasteiger charge is 2.05. The van der Waals surface area contributed by atoms with Gasteiger partial charge < -0.3 is 5.32 Å². The fourth-order valence-electron chi connectivity index (χ4n) is 1.03. The Morgan fingerprint density at radius 2 is 2.36 bits per heavy atom. The van der Waals surface area contributed by atoms with Crippen molar-refractivity contribution in [2.24, 2.45) is 0 Å². The van der Waals surface area contributed by atoms with Crippen LogP contribution >= 0.6 is 0 Å². The molecule has 0 spiro atoms. The quantitative estimate of drug-likeness (QED) is 0.453. The van der Waals surface area contributed by atoms with Crippen LogP contribution in [0.5, 0.6) is 0 Å². The Labute approximate surface area is 82.4 Å². The highest BCUT2D eigenvalue weighted by Crippen LogP contribution is 2.17. The molecule has 74 valence electrons. The van der Waals surface area contributed by atoms with Crippen LogP contribution in [-0.4, -0.2) is 11.0 Å². The number of benzene rings is 1. The average molecular weight is 192 g/mol. The van der Waals surface area contributed by atoms with Crippen molar-refractivity contribution in [2.75, 3.05) is 5.32 Å². The zero-order chi connectivity index (χ0) is 10.6. The van der Waals surface area contributed by atoms with E-state index in [1.807, 2.05) is 6.92 Å². The molecule has 1 rings (SSSR count). The van der Waals surface area contributed by atoms with E-state index < -0.39 is 4.92 Å². The summed E-state index contributed by atoms with van der Waals surface area (Å²) in [5.41, 5.74) is 0.817. The predicted molar refractivity (Wildman–Crippen MR) is 56.4 cm³/mol. The van der Waals surface area contributed by atoms with Crippen molar-refractivity contribution in [1.29, 1.82) is 0 Å². The smallest absolute Gasteiger partial charge is 0.271 e. The van der Waals surface area contributed by atoms with E-state index in [2.05, 4.69) is 11.9 Å². The minimum Gasteiger partial charge on any atom is -0.379 e. The lowest BCUT2D eigenvalue weighted by Crippen LogP contribution is -2.11. The van der Waals surface area contributed by atoms with Gasteiger partial charge in [0.05, 0.1) is 4.92 Å². The number of rotatable bonds is 4.